The predicted molar refractivity (Wildman–Crippen MR) is 60.0 cm³/mol. The molecule has 0 N–H and O–H groups in total. The molecule has 6 heteroatoms. The van der Waals surface area contributed by atoms with Crippen molar-refractivity contribution in [1.82, 2.24) is 0 Å². The van der Waals surface area contributed by atoms with E-state index in [2.05, 4.69) is 16.3 Å². The molecule has 0 saturated heterocycles. The number of ether oxygens (including phenoxy) is 1. The normalized spacial score (nSPS) is 12.0. The molecule has 0 aromatic heterocycles. The van der Waals surface area contributed by atoms with Crippen molar-refractivity contribution < 1.29 is 23.1 Å². The van der Waals surface area contributed by atoms with E-state index in [1.807, 2.05) is 0 Å². The molecular weight excluding hydrogens is 254 g/mol. The monoisotopic (exact) mass is 266 g/mol. The molecule has 0 amide bonds. The van der Waals surface area contributed by atoms with Gasteiger partial charge in [-0.1, -0.05) is 11.6 Å². The second kappa shape index (κ2) is 6.49. The fourth-order valence-electron chi connectivity index (χ4n) is 0.848. The Morgan fingerprint density at radius 1 is 1.29 bits per heavy atom. The molecule has 3 nitrogen and oxygen atoms in total. The Morgan fingerprint density at radius 3 is 2.18 bits per heavy atom. The first-order valence-corrected chi connectivity index (χ1v) is 5.21. The summed E-state index contributed by atoms with van der Waals surface area (Å²) in [4.78, 5) is 22.5. The van der Waals surface area contributed by atoms with E-state index in [-0.39, 0.29) is 6.61 Å². The zero-order chi connectivity index (χ0) is 13.6. The van der Waals surface area contributed by atoms with Gasteiger partial charge in [0, 0.05) is 0 Å². The van der Waals surface area contributed by atoms with E-state index in [0.717, 1.165) is 11.6 Å². The van der Waals surface area contributed by atoms with E-state index in [0.29, 0.717) is 0 Å². The van der Waals surface area contributed by atoms with Crippen LogP contribution in [-0.2, 0) is 14.3 Å². The van der Waals surface area contributed by atoms with Crippen molar-refractivity contribution >= 4 is 23.4 Å². The lowest BCUT2D eigenvalue weighted by Crippen LogP contribution is -2.28. The van der Waals surface area contributed by atoms with Crippen LogP contribution in [0.4, 0.5) is 8.78 Å². The molecule has 0 rings (SSSR count). The minimum Gasteiger partial charge on any atom is -0.462 e. The van der Waals surface area contributed by atoms with Gasteiger partial charge >= 0.3 is 11.4 Å². The number of halogens is 3. The second-order valence-electron chi connectivity index (χ2n) is 3.37. The molecule has 0 aliphatic heterocycles. The van der Waals surface area contributed by atoms with Crippen LogP contribution >= 0.6 is 11.6 Å². The van der Waals surface area contributed by atoms with Crippen LogP contribution in [0.25, 0.3) is 0 Å². The SMILES string of the molecule is CCOC(=O)/C(=C\C=C(C)C)C(=O)C(F)(F)Cl. The number of rotatable bonds is 5. The molecule has 0 aromatic rings. The Labute approximate surface area is 103 Å². The summed E-state index contributed by atoms with van der Waals surface area (Å²) in [7, 11) is 0. The molecular formula is C11H13ClF2O3. The Bertz CT molecular complexity index is 363. The highest BCUT2D eigenvalue weighted by molar-refractivity contribution is 6.38. The number of hydrogen-bond acceptors (Lipinski definition) is 3. The molecule has 0 fully saturated rings. The van der Waals surface area contributed by atoms with Crippen LogP contribution in [0.5, 0.6) is 0 Å². The Morgan fingerprint density at radius 2 is 1.82 bits per heavy atom. The number of alkyl halides is 3. The van der Waals surface area contributed by atoms with E-state index in [1.165, 1.54) is 13.0 Å². The highest BCUT2D eigenvalue weighted by atomic mass is 35.5. The summed E-state index contributed by atoms with van der Waals surface area (Å²) in [6.45, 7) is 4.84. The molecule has 0 bridgehead atoms. The topological polar surface area (TPSA) is 43.4 Å². The van der Waals surface area contributed by atoms with Crippen LogP contribution in [0.2, 0.25) is 0 Å². The third-order valence-electron chi connectivity index (χ3n) is 1.58. The van der Waals surface area contributed by atoms with Crippen LogP contribution in [0.1, 0.15) is 20.8 Å². The van der Waals surface area contributed by atoms with Gasteiger partial charge in [-0.05, 0) is 38.4 Å². The van der Waals surface area contributed by atoms with Gasteiger partial charge in [0.2, 0.25) is 0 Å². The number of carbonyl (C=O) groups is 2. The molecule has 0 aliphatic carbocycles. The molecule has 0 radical (unpaired) electrons. The van der Waals surface area contributed by atoms with Gasteiger partial charge in [-0.25, -0.2) is 4.79 Å². The zero-order valence-corrected chi connectivity index (χ0v) is 10.5. The molecule has 0 saturated carbocycles. The second-order valence-corrected chi connectivity index (χ2v) is 3.85. The molecule has 0 atom stereocenters. The largest absolute Gasteiger partial charge is 0.462 e. The minimum absolute atomic E-state index is 0.0217. The average molecular weight is 267 g/mol. The quantitative estimate of drug-likeness (QED) is 0.192. The van der Waals surface area contributed by atoms with Crippen LogP contribution in [-0.4, -0.2) is 23.7 Å². The Kier molecular flexibility index (Phi) is 6.02. The first kappa shape index (κ1) is 15.8. The Balaban J connectivity index is 5.27. The van der Waals surface area contributed by atoms with Crippen LogP contribution in [0.15, 0.2) is 23.3 Å². The number of ketones is 1. The van der Waals surface area contributed by atoms with Crippen molar-refractivity contribution in [3.63, 3.8) is 0 Å². The van der Waals surface area contributed by atoms with Gasteiger partial charge in [0.1, 0.15) is 5.57 Å². The van der Waals surface area contributed by atoms with Crippen LogP contribution < -0.4 is 0 Å². The van der Waals surface area contributed by atoms with Crippen molar-refractivity contribution in [2.24, 2.45) is 0 Å². The van der Waals surface area contributed by atoms with Crippen molar-refractivity contribution in [2.45, 2.75) is 26.2 Å². The zero-order valence-electron chi connectivity index (χ0n) is 9.72. The van der Waals surface area contributed by atoms with Gasteiger partial charge < -0.3 is 4.74 Å². The number of esters is 1. The summed E-state index contributed by atoms with van der Waals surface area (Å²) in [6.07, 6.45) is 2.33. The average Bonchev–Trinajstić information content (AvgIpc) is 2.16. The highest BCUT2D eigenvalue weighted by Gasteiger charge is 2.40. The fourth-order valence-corrected chi connectivity index (χ4v) is 0.950. The summed E-state index contributed by atoms with van der Waals surface area (Å²) in [5, 5.41) is -4.12. The predicted octanol–water partition coefficient (Wildman–Crippen LogP) is 2.84. The molecule has 96 valence electrons. The Hall–Kier alpha value is -1.23. The molecule has 0 aromatic carbocycles. The highest BCUT2D eigenvalue weighted by Crippen LogP contribution is 2.24. The first-order valence-electron chi connectivity index (χ1n) is 4.84. The maximum Gasteiger partial charge on any atom is 0.385 e. The van der Waals surface area contributed by atoms with Gasteiger partial charge in [-0.3, -0.25) is 4.79 Å². The van der Waals surface area contributed by atoms with E-state index in [1.54, 1.807) is 13.8 Å². The molecule has 17 heavy (non-hydrogen) atoms. The summed E-state index contributed by atoms with van der Waals surface area (Å²) in [5.41, 5.74) is -0.0365. The third-order valence-corrected chi connectivity index (χ3v) is 1.75. The van der Waals surface area contributed by atoms with Gasteiger partial charge in [0.25, 0.3) is 5.78 Å². The van der Waals surface area contributed by atoms with Gasteiger partial charge in [-0.2, -0.15) is 8.78 Å². The lowest BCUT2D eigenvalue weighted by atomic mass is 10.1. The molecule has 0 spiro atoms. The third kappa shape index (κ3) is 5.58. The smallest absolute Gasteiger partial charge is 0.385 e. The van der Waals surface area contributed by atoms with Crippen molar-refractivity contribution in [2.75, 3.05) is 6.61 Å². The van der Waals surface area contributed by atoms with Crippen molar-refractivity contribution in [3.8, 4) is 0 Å². The summed E-state index contributed by atoms with van der Waals surface area (Å²) >= 11 is 4.59. The van der Waals surface area contributed by atoms with Gasteiger partial charge in [0.15, 0.2) is 0 Å². The fraction of sp³-hybridized carbons (Fsp3) is 0.455. The summed E-state index contributed by atoms with van der Waals surface area (Å²) in [5.74, 6) is -2.88. The number of carbonyl (C=O) groups excluding carboxylic acids is 2. The standard InChI is InChI=1S/C11H13ClF2O3/c1-4-17-10(16)8(6-5-7(2)3)9(15)11(12,13)14/h5-6H,4H2,1-3H3/b8-6-. The minimum atomic E-state index is -4.12. The molecule has 0 heterocycles. The van der Waals surface area contributed by atoms with Crippen molar-refractivity contribution in [1.29, 1.82) is 0 Å². The summed E-state index contributed by atoms with van der Waals surface area (Å²) in [6, 6.07) is 0. The lowest BCUT2D eigenvalue weighted by molar-refractivity contribution is -0.142. The molecule has 0 unspecified atom stereocenters. The lowest BCUT2D eigenvalue weighted by Gasteiger charge is -2.09. The van der Waals surface area contributed by atoms with Gasteiger partial charge in [-0.15, -0.1) is 0 Å². The first-order chi connectivity index (χ1) is 7.70. The molecule has 0 aliphatic rings. The summed E-state index contributed by atoms with van der Waals surface area (Å²) < 4.78 is 29.8. The maximum absolute atomic E-state index is 12.6. The van der Waals surface area contributed by atoms with E-state index < -0.39 is 22.7 Å². The van der Waals surface area contributed by atoms with Crippen LogP contribution in [0.3, 0.4) is 0 Å². The van der Waals surface area contributed by atoms with E-state index in [4.69, 9.17) is 0 Å². The van der Waals surface area contributed by atoms with E-state index in [9.17, 15) is 18.4 Å². The van der Waals surface area contributed by atoms with Gasteiger partial charge in [0.05, 0.1) is 6.61 Å². The number of Topliss-reactive ketones (excluding diaryl/α,β-unsaturated/α-hetero) is 1. The number of allylic oxidation sites excluding steroid dienone is 3. The van der Waals surface area contributed by atoms with Crippen LogP contribution in [0, 0.1) is 0 Å². The number of hydrogen-bond donors (Lipinski definition) is 0. The maximum atomic E-state index is 12.6. The van der Waals surface area contributed by atoms with E-state index >= 15 is 0 Å². The van der Waals surface area contributed by atoms with Crippen molar-refractivity contribution in [3.05, 3.63) is 23.3 Å².